The van der Waals surface area contributed by atoms with Gasteiger partial charge >= 0.3 is 0 Å². The van der Waals surface area contributed by atoms with Crippen LogP contribution in [0.15, 0.2) is 23.1 Å². The Kier molecular flexibility index (Phi) is 3.26. The summed E-state index contributed by atoms with van der Waals surface area (Å²) in [5.74, 6) is 0.425. The van der Waals surface area contributed by atoms with Crippen molar-refractivity contribution < 1.29 is 13.2 Å². The van der Waals surface area contributed by atoms with Gasteiger partial charge in [0.1, 0.15) is 10.6 Å². The Morgan fingerprint density at radius 1 is 1.18 bits per heavy atom. The van der Waals surface area contributed by atoms with E-state index in [1.807, 2.05) is 6.07 Å². The molecule has 22 heavy (non-hydrogen) atoms. The minimum Gasteiger partial charge on any atom is -0.492 e. The molecule has 0 fully saturated rings. The Bertz CT molecular complexity index is 832. The number of fused-ring (bicyclic) bond motifs is 2. The molecule has 1 aromatic heterocycles. The summed E-state index contributed by atoms with van der Waals surface area (Å²) in [6.07, 6.45) is 1.74. The third kappa shape index (κ3) is 2.34. The van der Waals surface area contributed by atoms with Crippen LogP contribution in [0.25, 0.3) is 10.4 Å². The minimum absolute atomic E-state index is 0.0991. The average molecular weight is 336 g/mol. The van der Waals surface area contributed by atoms with Gasteiger partial charge in [0.2, 0.25) is 10.0 Å². The van der Waals surface area contributed by atoms with E-state index in [-0.39, 0.29) is 4.90 Å². The fourth-order valence-corrected chi connectivity index (χ4v) is 4.93. The largest absolute Gasteiger partial charge is 0.492 e. The van der Waals surface area contributed by atoms with Crippen molar-refractivity contribution in [3.63, 3.8) is 0 Å². The minimum atomic E-state index is -3.79. The summed E-state index contributed by atoms with van der Waals surface area (Å²) in [5.41, 5.74) is 3.14. The Morgan fingerprint density at radius 2 is 2.05 bits per heavy atom. The standard InChI is InChI=1S/C15H16N2O3S2/c16-22(18,19)14-7-10(5-9-2-4-20-15(9)14)13-6-11-8-17-3-1-12(11)21-13/h5-7,17H,1-4,8H2,(H2,16,18,19). The van der Waals surface area contributed by atoms with Crippen LogP contribution in [0.1, 0.15) is 16.0 Å². The average Bonchev–Trinajstić information content (AvgIpc) is 3.11. The number of sulfonamides is 1. The molecule has 0 atom stereocenters. The summed E-state index contributed by atoms with van der Waals surface area (Å²) in [5, 5.41) is 8.71. The van der Waals surface area contributed by atoms with E-state index >= 15 is 0 Å². The van der Waals surface area contributed by atoms with Gasteiger partial charge < -0.3 is 10.1 Å². The molecule has 0 saturated heterocycles. The van der Waals surface area contributed by atoms with Crippen LogP contribution < -0.4 is 15.2 Å². The zero-order chi connectivity index (χ0) is 15.3. The van der Waals surface area contributed by atoms with Gasteiger partial charge in [0.15, 0.2) is 0 Å². The van der Waals surface area contributed by atoms with Crippen molar-refractivity contribution in [3.05, 3.63) is 34.2 Å². The molecule has 0 amide bonds. The van der Waals surface area contributed by atoms with Gasteiger partial charge in [-0.3, -0.25) is 0 Å². The van der Waals surface area contributed by atoms with Gasteiger partial charge in [-0.05, 0) is 41.3 Å². The molecule has 2 aromatic rings. The van der Waals surface area contributed by atoms with Gasteiger partial charge in [-0.1, -0.05) is 0 Å². The van der Waals surface area contributed by atoms with Crippen LogP contribution in [-0.4, -0.2) is 21.6 Å². The van der Waals surface area contributed by atoms with E-state index in [9.17, 15) is 8.42 Å². The van der Waals surface area contributed by atoms with Gasteiger partial charge in [0.25, 0.3) is 0 Å². The summed E-state index contributed by atoms with van der Waals surface area (Å²) in [6, 6.07) is 5.82. The van der Waals surface area contributed by atoms with E-state index in [0.29, 0.717) is 12.4 Å². The molecule has 0 radical (unpaired) electrons. The highest BCUT2D eigenvalue weighted by molar-refractivity contribution is 7.89. The maximum atomic E-state index is 11.9. The van der Waals surface area contributed by atoms with Crippen molar-refractivity contribution in [2.45, 2.75) is 24.3 Å². The summed E-state index contributed by atoms with van der Waals surface area (Å²) < 4.78 is 29.2. The van der Waals surface area contributed by atoms with E-state index < -0.39 is 10.0 Å². The summed E-state index contributed by atoms with van der Waals surface area (Å²) >= 11 is 1.74. The first-order valence-electron chi connectivity index (χ1n) is 7.17. The van der Waals surface area contributed by atoms with Crippen molar-refractivity contribution in [2.24, 2.45) is 5.14 Å². The summed E-state index contributed by atoms with van der Waals surface area (Å²) in [7, 11) is -3.79. The fourth-order valence-electron chi connectivity index (χ4n) is 3.02. The number of ether oxygens (including phenoxy) is 1. The molecule has 3 heterocycles. The first-order chi connectivity index (χ1) is 10.5. The van der Waals surface area contributed by atoms with Crippen LogP contribution in [0.5, 0.6) is 5.75 Å². The van der Waals surface area contributed by atoms with E-state index in [1.54, 1.807) is 17.4 Å². The molecular formula is C15H16N2O3S2. The zero-order valence-corrected chi connectivity index (χ0v) is 13.5. The molecule has 3 N–H and O–H groups in total. The van der Waals surface area contributed by atoms with Crippen molar-refractivity contribution in [1.82, 2.24) is 5.32 Å². The molecule has 2 aliphatic heterocycles. The molecule has 0 spiro atoms. The third-order valence-corrected chi connectivity index (χ3v) is 6.28. The number of hydrogen-bond acceptors (Lipinski definition) is 5. The topological polar surface area (TPSA) is 81.4 Å². The lowest BCUT2D eigenvalue weighted by Gasteiger charge is -2.10. The SMILES string of the molecule is NS(=O)(=O)c1cc(-c2cc3c(s2)CCNC3)cc2c1OCC2. The van der Waals surface area contributed by atoms with E-state index in [0.717, 1.165) is 41.9 Å². The predicted molar refractivity (Wildman–Crippen MR) is 85.7 cm³/mol. The maximum Gasteiger partial charge on any atom is 0.241 e. The Balaban J connectivity index is 1.87. The van der Waals surface area contributed by atoms with Crippen molar-refractivity contribution >= 4 is 21.4 Å². The normalized spacial score (nSPS) is 17.0. The first kappa shape index (κ1) is 14.2. The molecule has 0 saturated carbocycles. The smallest absolute Gasteiger partial charge is 0.241 e. The van der Waals surface area contributed by atoms with Crippen LogP contribution in [0.3, 0.4) is 0 Å². The first-order valence-corrected chi connectivity index (χ1v) is 9.54. The van der Waals surface area contributed by atoms with Gasteiger partial charge in [-0.25, -0.2) is 13.6 Å². The number of nitrogens with two attached hydrogens (primary N) is 1. The maximum absolute atomic E-state index is 11.9. The number of primary sulfonamides is 1. The number of thiophene rings is 1. The Hall–Kier alpha value is -1.41. The number of nitrogens with one attached hydrogen (secondary N) is 1. The lowest BCUT2D eigenvalue weighted by Crippen LogP contribution is -2.21. The van der Waals surface area contributed by atoms with Crippen LogP contribution in [-0.2, 0) is 29.4 Å². The second-order valence-electron chi connectivity index (χ2n) is 5.59. The van der Waals surface area contributed by atoms with Gasteiger partial charge in [-0.15, -0.1) is 11.3 Å². The monoisotopic (exact) mass is 336 g/mol. The predicted octanol–water partition coefficient (Wildman–Crippen LogP) is 1.64. The van der Waals surface area contributed by atoms with E-state index in [4.69, 9.17) is 9.88 Å². The summed E-state index contributed by atoms with van der Waals surface area (Å²) in [4.78, 5) is 2.57. The van der Waals surface area contributed by atoms with Crippen molar-refractivity contribution in [2.75, 3.05) is 13.2 Å². The Morgan fingerprint density at radius 3 is 2.82 bits per heavy atom. The third-order valence-electron chi connectivity index (χ3n) is 4.08. The van der Waals surface area contributed by atoms with Gasteiger partial charge in [0.05, 0.1) is 6.61 Å². The highest BCUT2D eigenvalue weighted by Crippen LogP contribution is 2.40. The van der Waals surface area contributed by atoms with Crippen molar-refractivity contribution in [1.29, 1.82) is 0 Å². The lowest BCUT2D eigenvalue weighted by atomic mass is 10.1. The second-order valence-corrected chi connectivity index (χ2v) is 8.26. The van der Waals surface area contributed by atoms with Crippen LogP contribution in [0.2, 0.25) is 0 Å². The van der Waals surface area contributed by atoms with Crippen LogP contribution in [0, 0.1) is 0 Å². The highest BCUT2D eigenvalue weighted by atomic mass is 32.2. The fraction of sp³-hybridized carbons (Fsp3) is 0.333. The highest BCUT2D eigenvalue weighted by Gasteiger charge is 2.25. The molecule has 4 rings (SSSR count). The molecule has 116 valence electrons. The second kappa shape index (κ2) is 5.06. The van der Waals surface area contributed by atoms with E-state index in [2.05, 4.69) is 11.4 Å². The molecular weight excluding hydrogens is 320 g/mol. The molecule has 7 heteroatoms. The van der Waals surface area contributed by atoms with Crippen LogP contribution >= 0.6 is 11.3 Å². The number of hydrogen-bond donors (Lipinski definition) is 2. The number of rotatable bonds is 2. The summed E-state index contributed by atoms with van der Waals surface area (Å²) in [6.45, 7) is 2.38. The van der Waals surface area contributed by atoms with Gasteiger partial charge in [0, 0.05) is 29.3 Å². The zero-order valence-electron chi connectivity index (χ0n) is 11.9. The van der Waals surface area contributed by atoms with Crippen LogP contribution in [0.4, 0.5) is 0 Å². The quantitative estimate of drug-likeness (QED) is 0.873. The molecule has 0 aliphatic carbocycles. The van der Waals surface area contributed by atoms with E-state index in [1.165, 1.54) is 10.4 Å². The van der Waals surface area contributed by atoms with Gasteiger partial charge in [-0.2, -0.15) is 0 Å². The van der Waals surface area contributed by atoms with Crippen molar-refractivity contribution in [3.8, 4) is 16.2 Å². The molecule has 2 aliphatic rings. The molecule has 0 unspecified atom stereocenters. The lowest BCUT2D eigenvalue weighted by molar-refractivity contribution is 0.348. The number of benzene rings is 1. The Labute approximate surface area is 133 Å². The molecule has 5 nitrogen and oxygen atoms in total. The molecule has 1 aromatic carbocycles. The molecule has 0 bridgehead atoms.